The highest BCUT2D eigenvalue weighted by Gasteiger charge is 2.27. The molecule has 0 radical (unpaired) electrons. The molecule has 0 aliphatic heterocycles. The summed E-state index contributed by atoms with van der Waals surface area (Å²) in [5.74, 6) is -0.621. The number of nitrogens with two attached hydrogens (primary N) is 1. The van der Waals surface area contributed by atoms with Gasteiger partial charge in [-0.15, -0.1) is 0 Å². The van der Waals surface area contributed by atoms with Gasteiger partial charge in [-0.1, -0.05) is 60.7 Å². The van der Waals surface area contributed by atoms with Crippen molar-refractivity contribution in [1.82, 2.24) is 0 Å². The topological polar surface area (TPSA) is 95.7 Å². The van der Waals surface area contributed by atoms with Crippen molar-refractivity contribution in [3.63, 3.8) is 0 Å². The van der Waals surface area contributed by atoms with E-state index in [0.29, 0.717) is 12.0 Å². The Morgan fingerprint density at radius 3 is 2.15 bits per heavy atom. The number of hydrogen-bond acceptors (Lipinski definition) is 6. The number of rotatable bonds is 9. The van der Waals surface area contributed by atoms with Crippen LogP contribution in [0.4, 0.5) is 0 Å². The molecular weight excluding hydrogens is 450 g/mol. The fourth-order valence-corrected chi connectivity index (χ4v) is 4.61. The highest BCUT2D eigenvalue weighted by molar-refractivity contribution is 7.87. The lowest BCUT2D eigenvalue weighted by molar-refractivity contribution is -0.155. The lowest BCUT2D eigenvalue weighted by Crippen LogP contribution is -2.34. The van der Waals surface area contributed by atoms with Gasteiger partial charge in [-0.2, -0.15) is 8.42 Å². The van der Waals surface area contributed by atoms with Crippen LogP contribution in [-0.4, -0.2) is 26.0 Å². The van der Waals surface area contributed by atoms with Gasteiger partial charge in [0.2, 0.25) is 0 Å². The maximum atomic E-state index is 12.7. The third-order valence-electron chi connectivity index (χ3n) is 5.16. The molecule has 0 heterocycles. The van der Waals surface area contributed by atoms with E-state index in [9.17, 15) is 13.2 Å². The van der Waals surface area contributed by atoms with E-state index in [1.807, 2.05) is 57.2 Å². The normalized spacial score (nSPS) is 13.6. The van der Waals surface area contributed by atoms with E-state index >= 15 is 0 Å². The van der Waals surface area contributed by atoms with Crippen LogP contribution in [0, 0.1) is 0 Å². The van der Waals surface area contributed by atoms with Crippen molar-refractivity contribution in [2.24, 2.45) is 5.73 Å². The summed E-state index contributed by atoms with van der Waals surface area (Å²) in [5, 5.41) is 0. The van der Waals surface area contributed by atoms with Crippen LogP contribution in [0.2, 0.25) is 0 Å². The molecule has 0 bridgehead atoms. The Balaban J connectivity index is 1.88. The van der Waals surface area contributed by atoms with Gasteiger partial charge in [0.25, 0.3) is 0 Å². The molecule has 0 saturated heterocycles. The smallest absolute Gasteiger partial charge is 0.339 e. The first-order valence-electron chi connectivity index (χ1n) is 11.1. The first-order chi connectivity index (χ1) is 16.0. The monoisotopic (exact) mass is 481 g/mol. The Morgan fingerprint density at radius 1 is 0.912 bits per heavy atom. The summed E-state index contributed by atoms with van der Waals surface area (Å²) < 4.78 is 36.3. The van der Waals surface area contributed by atoms with Crippen LogP contribution in [0.1, 0.15) is 44.2 Å². The van der Waals surface area contributed by atoms with Gasteiger partial charge in [0.05, 0.1) is 6.42 Å². The molecule has 3 rings (SSSR count). The van der Waals surface area contributed by atoms with Crippen molar-refractivity contribution >= 4 is 16.1 Å². The molecule has 6 nitrogen and oxygen atoms in total. The van der Waals surface area contributed by atoms with Crippen LogP contribution in [0.25, 0.3) is 0 Å². The molecule has 2 unspecified atom stereocenters. The van der Waals surface area contributed by atoms with Crippen molar-refractivity contribution in [2.45, 2.75) is 56.1 Å². The zero-order valence-electron chi connectivity index (χ0n) is 19.7. The van der Waals surface area contributed by atoms with Crippen LogP contribution in [0.3, 0.4) is 0 Å². The van der Waals surface area contributed by atoms with E-state index in [1.165, 1.54) is 12.1 Å². The largest absolute Gasteiger partial charge is 0.460 e. The molecule has 0 aliphatic carbocycles. The Labute approximate surface area is 201 Å². The zero-order valence-corrected chi connectivity index (χ0v) is 20.5. The van der Waals surface area contributed by atoms with Crippen LogP contribution >= 0.6 is 0 Å². The van der Waals surface area contributed by atoms with Crippen molar-refractivity contribution in [1.29, 1.82) is 0 Å². The fourth-order valence-electron chi connectivity index (χ4n) is 3.67. The fraction of sp³-hybridized carbons (Fsp3) is 0.296. The van der Waals surface area contributed by atoms with Crippen molar-refractivity contribution < 1.29 is 22.1 Å². The second-order valence-electron chi connectivity index (χ2n) is 9.17. The van der Waals surface area contributed by atoms with E-state index in [2.05, 4.69) is 0 Å². The summed E-state index contributed by atoms with van der Waals surface area (Å²) in [4.78, 5) is 12.8. The Kier molecular flexibility index (Phi) is 8.12. The number of carbonyl (C=O) groups excluding carboxylic acids is 1. The van der Waals surface area contributed by atoms with Crippen LogP contribution in [-0.2, 0) is 26.1 Å². The molecule has 180 valence electrons. The van der Waals surface area contributed by atoms with Gasteiger partial charge in [0, 0.05) is 12.0 Å². The maximum absolute atomic E-state index is 12.7. The van der Waals surface area contributed by atoms with E-state index in [-0.39, 0.29) is 23.0 Å². The van der Waals surface area contributed by atoms with Gasteiger partial charge < -0.3 is 14.7 Å². The Morgan fingerprint density at radius 2 is 1.53 bits per heavy atom. The highest BCUT2D eigenvalue weighted by Crippen LogP contribution is 2.30. The molecule has 2 atom stereocenters. The molecule has 7 heteroatoms. The van der Waals surface area contributed by atoms with Crippen LogP contribution in [0.15, 0.2) is 89.8 Å². The minimum absolute atomic E-state index is 0.0557. The second kappa shape index (κ2) is 10.8. The Hall–Kier alpha value is -3.16. The van der Waals surface area contributed by atoms with Crippen molar-refractivity contribution in [3.8, 4) is 5.75 Å². The third kappa shape index (κ3) is 7.43. The lowest BCUT2D eigenvalue weighted by Gasteiger charge is -2.26. The average molecular weight is 482 g/mol. The summed E-state index contributed by atoms with van der Waals surface area (Å²) in [6.45, 7) is 5.44. The van der Waals surface area contributed by atoms with Gasteiger partial charge in [-0.05, 0) is 62.6 Å². The van der Waals surface area contributed by atoms with E-state index in [4.69, 9.17) is 14.7 Å². The minimum Gasteiger partial charge on any atom is -0.460 e. The molecule has 0 aliphatic rings. The first-order valence-corrected chi connectivity index (χ1v) is 12.6. The van der Waals surface area contributed by atoms with Crippen molar-refractivity contribution in [3.05, 3.63) is 96.1 Å². The van der Waals surface area contributed by atoms with E-state index in [0.717, 1.165) is 5.56 Å². The summed E-state index contributed by atoms with van der Waals surface area (Å²) >= 11 is 0. The molecule has 3 aromatic carbocycles. The average Bonchev–Trinajstić information content (AvgIpc) is 2.77. The number of carbonyl (C=O) groups is 1. The van der Waals surface area contributed by atoms with Gasteiger partial charge >= 0.3 is 16.1 Å². The molecule has 0 spiro atoms. The molecule has 0 amide bonds. The number of ether oxygens (including phenoxy) is 1. The predicted molar refractivity (Wildman–Crippen MR) is 132 cm³/mol. The zero-order chi connectivity index (χ0) is 24.8. The lowest BCUT2D eigenvalue weighted by atomic mass is 9.85. The second-order valence-corrected chi connectivity index (χ2v) is 10.7. The number of hydrogen-bond donors (Lipinski definition) is 1. The van der Waals surface area contributed by atoms with E-state index < -0.39 is 27.7 Å². The molecule has 2 N–H and O–H groups in total. The predicted octanol–water partition coefficient (Wildman–Crippen LogP) is 4.84. The standard InChI is InChI=1S/C27H31NO5S/c1-27(2,3)32-26(29)19-24(25(28)17-20-11-6-4-7-12-20)21-13-10-14-22(18-21)33-34(30,31)23-15-8-5-9-16-23/h4-16,18,24-25H,17,19,28H2,1-3H3. The van der Waals surface area contributed by atoms with Crippen LogP contribution < -0.4 is 9.92 Å². The van der Waals surface area contributed by atoms with Crippen LogP contribution in [0.5, 0.6) is 5.75 Å². The molecule has 0 saturated carbocycles. The number of benzene rings is 3. The Bertz CT molecular complexity index is 1190. The maximum Gasteiger partial charge on any atom is 0.339 e. The highest BCUT2D eigenvalue weighted by atomic mass is 32.2. The number of esters is 1. The van der Waals surface area contributed by atoms with E-state index in [1.54, 1.807) is 36.4 Å². The van der Waals surface area contributed by atoms with Gasteiger partial charge in [0.1, 0.15) is 16.2 Å². The van der Waals surface area contributed by atoms with Crippen molar-refractivity contribution in [2.75, 3.05) is 0 Å². The third-order valence-corrected chi connectivity index (χ3v) is 6.42. The molecule has 3 aromatic rings. The summed E-state index contributed by atoms with van der Waals surface area (Å²) in [6.07, 6.45) is 0.599. The van der Waals surface area contributed by atoms with Gasteiger partial charge in [-0.3, -0.25) is 4.79 Å². The minimum atomic E-state index is -3.99. The summed E-state index contributed by atoms with van der Waals surface area (Å²) in [7, 11) is -3.99. The summed E-state index contributed by atoms with van der Waals surface area (Å²) in [5.41, 5.74) is 7.72. The quantitative estimate of drug-likeness (QED) is 0.347. The first kappa shape index (κ1) is 25.5. The van der Waals surface area contributed by atoms with Gasteiger partial charge in [-0.25, -0.2) is 0 Å². The molecule has 0 aromatic heterocycles. The summed E-state index contributed by atoms with van der Waals surface area (Å²) in [6, 6.07) is 24.0. The van der Waals surface area contributed by atoms with Gasteiger partial charge in [0.15, 0.2) is 0 Å². The SMILES string of the molecule is CC(C)(C)OC(=O)CC(c1cccc(OS(=O)(=O)c2ccccc2)c1)C(N)Cc1ccccc1. The molecular formula is C27H31NO5S. The molecule has 0 fully saturated rings. The molecule has 34 heavy (non-hydrogen) atoms.